The number of fused-ring (bicyclic) bond motifs is 1. The van der Waals surface area contributed by atoms with Crippen molar-refractivity contribution >= 4 is 21.5 Å². The summed E-state index contributed by atoms with van der Waals surface area (Å²) in [6.45, 7) is 2.67. The first-order valence-electron chi connectivity index (χ1n) is 6.36. The Morgan fingerprint density at radius 2 is 2.15 bits per heavy atom. The van der Waals surface area contributed by atoms with Crippen LogP contribution in [0.2, 0.25) is 0 Å². The Balaban J connectivity index is 1.94. The number of hydrogen-bond acceptors (Lipinski definition) is 4. The van der Waals surface area contributed by atoms with E-state index in [0.29, 0.717) is 5.82 Å². The number of aryl methyl sites for hydroxylation is 2. The standard InChI is InChI=1S/C13H16N4O2S/c1-9-7-13(17(2)15-9)16-20(18,19)11-4-3-10-5-6-14-12(10)8-11/h3-4,7-8,14,16H,5-6H2,1-2H3. The van der Waals surface area contributed by atoms with Crippen molar-refractivity contribution in [1.29, 1.82) is 0 Å². The van der Waals surface area contributed by atoms with Gasteiger partial charge in [0.15, 0.2) is 0 Å². The van der Waals surface area contributed by atoms with Crippen LogP contribution in [-0.2, 0) is 23.5 Å². The zero-order chi connectivity index (χ0) is 14.3. The average Bonchev–Trinajstić information content (AvgIpc) is 2.95. The summed E-state index contributed by atoms with van der Waals surface area (Å²) in [5.74, 6) is 0.455. The van der Waals surface area contributed by atoms with Gasteiger partial charge in [-0.05, 0) is 31.0 Å². The molecule has 7 heteroatoms. The van der Waals surface area contributed by atoms with E-state index >= 15 is 0 Å². The first-order chi connectivity index (χ1) is 9.45. The van der Waals surface area contributed by atoms with Crippen molar-refractivity contribution in [1.82, 2.24) is 9.78 Å². The van der Waals surface area contributed by atoms with E-state index in [1.165, 1.54) is 4.68 Å². The van der Waals surface area contributed by atoms with E-state index in [2.05, 4.69) is 15.1 Å². The number of aromatic nitrogens is 2. The molecule has 0 bridgehead atoms. The predicted molar refractivity (Wildman–Crippen MR) is 77.4 cm³/mol. The van der Waals surface area contributed by atoms with Gasteiger partial charge in [0.05, 0.1) is 10.6 Å². The number of hydrogen-bond donors (Lipinski definition) is 2. The number of rotatable bonds is 3. The summed E-state index contributed by atoms with van der Waals surface area (Å²) in [5.41, 5.74) is 2.82. The molecule has 2 heterocycles. The Morgan fingerprint density at radius 1 is 1.35 bits per heavy atom. The molecule has 0 amide bonds. The number of anilines is 2. The van der Waals surface area contributed by atoms with Crippen LogP contribution >= 0.6 is 0 Å². The van der Waals surface area contributed by atoms with Gasteiger partial charge in [0, 0.05) is 25.3 Å². The minimum Gasteiger partial charge on any atom is -0.384 e. The van der Waals surface area contributed by atoms with Gasteiger partial charge >= 0.3 is 0 Å². The van der Waals surface area contributed by atoms with E-state index < -0.39 is 10.0 Å². The second kappa shape index (κ2) is 4.52. The Hall–Kier alpha value is -2.02. The highest BCUT2D eigenvalue weighted by Gasteiger charge is 2.19. The summed E-state index contributed by atoms with van der Waals surface area (Å²) in [7, 11) is -1.89. The largest absolute Gasteiger partial charge is 0.384 e. The molecule has 106 valence electrons. The number of benzene rings is 1. The van der Waals surface area contributed by atoms with Crippen molar-refractivity contribution in [2.24, 2.45) is 7.05 Å². The lowest BCUT2D eigenvalue weighted by Gasteiger charge is -2.09. The Morgan fingerprint density at radius 3 is 2.85 bits per heavy atom. The minimum absolute atomic E-state index is 0.254. The van der Waals surface area contributed by atoms with Crippen molar-refractivity contribution < 1.29 is 8.42 Å². The smallest absolute Gasteiger partial charge is 0.263 e. The predicted octanol–water partition coefficient (Wildman–Crippen LogP) is 1.50. The van der Waals surface area contributed by atoms with Gasteiger partial charge in [-0.2, -0.15) is 5.10 Å². The molecule has 0 atom stereocenters. The minimum atomic E-state index is -3.59. The van der Waals surface area contributed by atoms with Crippen LogP contribution in [0.25, 0.3) is 0 Å². The van der Waals surface area contributed by atoms with E-state index in [4.69, 9.17) is 0 Å². The topological polar surface area (TPSA) is 76.0 Å². The van der Waals surface area contributed by atoms with E-state index in [9.17, 15) is 8.42 Å². The van der Waals surface area contributed by atoms with Crippen molar-refractivity contribution in [3.63, 3.8) is 0 Å². The normalized spacial score (nSPS) is 13.9. The van der Waals surface area contributed by atoms with Crippen molar-refractivity contribution in [2.75, 3.05) is 16.6 Å². The second-order valence-electron chi connectivity index (χ2n) is 4.90. The highest BCUT2D eigenvalue weighted by atomic mass is 32.2. The molecule has 0 fully saturated rings. The quantitative estimate of drug-likeness (QED) is 0.899. The van der Waals surface area contributed by atoms with E-state index in [1.807, 2.05) is 13.0 Å². The van der Waals surface area contributed by atoms with E-state index in [1.54, 1.807) is 25.2 Å². The van der Waals surface area contributed by atoms with Crippen LogP contribution < -0.4 is 10.0 Å². The molecule has 6 nitrogen and oxygen atoms in total. The lowest BCUT2D eigenvalue weighted by atomic mass is 10.2. The van der Waals surface area contributed by atoms with Gasteiger partial charge in [0.2, 0.25) is 0 Å². The third-order valence-corrected chi connectivity index (χ3v) is 4.69. The molecular weight excluding hydrogens is 276 g/mol. The van der Waals surface area contributed by atoms with Gasteiger partial charge in [-0.15, -0.1) is 0 Å². The summed E-state index contributed by atoms with van der Waals surface area (Å²) in [6.07, 6.45) is 0.935. The zero-order valence-electron chi connectivity index (χ0n) is 11.3. The van der Waals surface area contributed by atoms with Gasteiger partial charge in [0.25, 0.3) is 10.0 Å². The summed E-state index contributed by atoms with van der Waals surface area (Å²) < 4.78 is 28.8. The highest BCUT2D eigenvalue weighted by Crippen LogP contribution is 2.26. The van der Waals surface area contributed by atoms with Crippen molar-refractivity contribution in [3.05, 3.63) is 35.5 Å². The third-order valence-electron chi connectivity index (χ3n) is 3.34. The zero-order valence-corrected chi connectivity index (χ0v) is 12.2. The maximum absolute atomic E-state index is 12.4. The SMILES string of the molecule is Cc1cc(NS(=O)(=O)c2ccc3c(c2)NCC3)n(C)n1. The monoisotopic (exact) mass is 292 g/mol. The molecule has 1 aliphatic rings. The number of nitrogens with one attached hydrogen (secondary N) is 2. The summed E-state index contributed by atoms with van der Waals surface area (Å²) >= 11 is 0. The lowest BCUT2D eigenvalue weighted by molar-refractivity contribution is 0.600. The molecular formula is C13H16N4O2S. The van der Waals surface area contributed by atoms with Gasteiger partial charge in [-0.25, -0.2) is 8.42 Å². The molecule has 2 N–H and O–H groups in total. The fourth-order valence-corrected chi connectivity index (χ4v) is 3.44. The molecule has 1 aliphatic heterocycles. The molecule has 0 unspecified atom stereocenters. The Bertz CT molecular complexity index is 765. The van der Waals surface area contributed by atoms with Crippen LogP contribution in [-0.4, -0.2) is 24.7 Å². The molecule has 0 saturated carbocycles. The van der Waals surface area contributed by atoms with E-state index in [-0.39, 0.29) is 4.90 Å². The van der Waals surface area contributed by atoms with Crippen molar-refractivity contribution in [3.8, 4) is 0 Å². The number of nitrogens with zero attached hydrogens (tertiary/aromatic N) is 2. The Labute approximate surface area is 117 Å². The molecule has 0 saturated heterocycles. The van der Waals surface area contributed by atoms with Crippen LogP contribution in [0.15, 0.2) is 29.2 Å². The Kier molecular flexibility index (Phi) is 2.93. The molecule has 1 aromatic carbocycles. The third kappa shape index (κ3) is 2.24. The van der Waals surface area contributed by atoms with Crippen molar-refractivity contribution in [2.45, 2.75) is 18.2 Å². The summed E-state index contributed by atoms with van der Waals surface area (Å²) in [6, 6.07) is 6.87. The number of sulfonamides is 1. The lowest BCUT2D eigenvalue weighted by Crippen LogP contribution is -2.15. The first kappa shape index (κ1) is 13.0. The second-order valence-corrected chi connectivity index (χ2v) is 6.58. The molecule has 2 aromatic rings. The molecule has 1 aromatic heterocycles. The van der Waals surface area contributed by atoms with Gasteiger partial charge in [-0.1, -0.05) is 6.07 Å². The van der Waals surface area contributed by atoms with E-state index in [0.717, 1.165) is 29.9 Å². The molecule has 3 rings (SSSR count). The first-order valence-corrected chi connectivity index (χ1v) is 7.84. The van der Waals surface area contributed by atoms with Crippen LogP contribution in [0, 0.1) is 6.92 Å². The van der Waals surface area contributed by atoms with Crippen LogP contribution in [0.3, 0.4) is 0 Å². The molecule has 0 spiro atoms. The fourth-order valence-electron chi connectivity index (χ4n) is 2.34. The van der Waals surface area contributed by atoms with Crippen LogP contribution in [0.5, 0.6) is 0 Å². The summed E-state index contributed by atoms with van der Waals surface area (Å²) in [5, 5.41) is 7.31. The molecule has 20 heavy (non-hydrogen) atoms. The van der Waals surface area contributed by atoms with Gasteiger partial charge in [-0.3, -0.25) is 9.40 Å². The molecule has 0 radical (unpaired) electrons. The maximum atomic E-state index is 12.4. The van der Waals surface area contributed by atoms with Crippen LogP contribution in [0.1, 0.15) is 11.3 Å². The van der Waals surface area contributed by atoms with Gasteiger partial charge < -0.3 is 5.32 Å². The average molecular weight is 292 g/mol. The molecule has 0 aliphatic carbocycles. The van der Waals surface area contributed by atoms with Crippen LogP contribution in [0.4, 0.5) is 11.5 Å². The maximum Gasteiger partial charge on any atom is 0.263 e. The fraction of sp³-hybridized carbons (Fsp3) is 0.308. The van der Waals surface area contributed by atoms with Gasteiger partial charge in [0.1, 0.15) is 5.82 Å². The highest BCUT2D eigenvalue weighted by molar-refractivity contribution is 7.92. The summed E-state index contributed by atoms with van der Waals surface area (Å²) in [4.78, 5) is 0.254.